The van der Waals surface area contributed by atoms with Crippen LogP contribution in [0.3, 0.4) is 0 Å². The highest BCUT2D eigenvalue weighted by Crippen LogP contribution is 2.36. The predicted octanol–water partition coefficient (Wildman–Crippen LogP) is 3.15. The van der Waals surface area contributed by atoms with Crippen LogP contribution in [0, 0.1) is 13.8 Å². The molecule has 0 saturated heterocycles. The lowest BCUT2D eigenvalue weighted by atomic mass is 10.0. The Morgan fingerprint density at radius 1 is 1.35 bits per heavy atom. The molecular formula is C15H14N2O3. The zero-order chi connectivity index (χ0) is 14.4. The fourth-order valence-corrected chi connectivity index (χ4v) is 2.53. The van der Waals surface area contributed by atoms with Gasteiger partial charge in [-0.3, -0.25) is 0 Å². The molecule has 1 aromatic carbocycles. The molecule has 3 rings (SSSR count). The van der Waals surface area contributed by atoms with Crippen LogP contribution in [0.1, 0.15) is 21.6 Å². The zero-order valence-corrected chi connectivity index (χ0v) is 11.5. The van der Waals surface area contributed by atoms with Gasteiger partial charge in [-0.15, -0.1) is 0 Å². The maximum absolute atomic E-state index is 11.3. The number of rotatable bonds is 2. The van der Waals surface area contributed by atoms with Crippen LogP contribution in [0.4, 0.5) is 0 Å². The maximum atomic E-state index is 11.3. The van der Waals surface area contributed by atoms with E-state index in [0.717, 1.165) is 27.7 Å². The van der Waals surface area contributed by atoms with Crippen molar-refractivity contribution in [1.29, 1.82) is 0 Å². The Balaban J connectivity index is 2.39. The highest BCUT2D eigenvalue weighted by atomic mass is 16.5. The lowest BCUT2D eigenvalue weighted by Gasteiger charge is -1.99. The number of hydrogen-bond acceptors (Lipinski definition) is 3. The van der Waals surface area contributed by atoms with Crippen LogP contribution >= 0.6 is 0 Å². The van der Waals surface area contributed by atoms with Gasteiger partial charge < -0.3 is 14.2 Å². The van der Waals surface area contributed by atoms with E-state index in [1.165, 1.54) is 6.20 Å². The molecule has 0 aliphatic rings. The zero-order valence-electron chi connectivity index (χ0n) is 11.5. The van der Waals surface area contributed by atoms with Gasteiger partial charge in [0.1, 0.15) is 5.56 Å². The highest BCUT2D eigenvalue weighted by molar-refractivity contribution is 6.02. The van der Waals surface area contributed by atoms with E-state index < -0.39 is 5.97 Å². The standard InChI is InChI=1S/C15H14N2O3/c1-8-4-5-10-12(6-8)17(3)9(2)13(10)14-11(15(18)19)7-16-20-14/h4-7H,1-3H3,(H,18,19). The van der Waals surface area contributed by atoms with Crippen molar-refractivity contribution in [2.45, 2.75) is 13.8 Å². The Labute approximate surface area is 115 Å². The smallest absolute Gasteiger partial charge is 0.341 e. The minimum atomic E-state index is -1.04. The third-order valence-electron chi connectivity index (χ3n) is 3.68. The van der Waals surface area contributed by atoms with Crippen LogP contribution in [-0.2, 0) is 7.05 Å². The molecule has 3 aromatic rings. The maximum Gasteiger partial charge on any atom is 0.341 e. The van der Waals surface area contributed by atoms with Crippen LogP contribution in [0.2, 0.25) is 0 Å². The fourth-order valence-electron chi connectivity index (χ4n) is 2.53. The largest absolute Gasteiger partial charge is 0.477 e. The van der Waals surface area contributed by atoms with Gasteiger partial charge in [0, 0.05) is 29.2 Å². The van der Waals surface area contributed by atoms with Crippen molar-refractivity contribution in [3.05, 3.63) is 41.2 Å². The molecule has 0 atom stereocenters. The topological polar surface area (TPSA) is 68.3 Å². The summed E-state index contributed by atoms with van der Waals surface area (Å²) in [5, 5.41) is 13.8. The van der Waals surface area contributed by atoms with Crippen molar-refractivity contribution < 1.29 is 14.4 Å². The first-order valence-corrected chi connectivity index (χ1v) is 6.24. The second-order valence-corrected chi connectivity index (χ2v) is 4.91. The minimum Gasteiger partial charge on any atom is -0.477 e. The first-order chi connectivity index (χ1) is 9.50. The molecule has 5 heteroatoms. The van der Waals surface area contributed by atoms with Crippen LogP contribution < -0.4 is 0 Å². The summed E-state index contributed by atoms with van der Waals surface area (Å²) in [6, 6.07) is 6.06. The minimum absolute atomic E-state index is 0.0844. The van der Waals surface area contributed by atoms with Crippen LogP contribution in [0.25, 0.3) is 22.2 Å². The van der Waals surface area contributed by atoms with E-state index in [0.29, 0.717) is 5.76 Å². The summed E-state index contributed by atoms with van der Waals surface area (Å²) in [5.41, 5.74) is 4.02. The molecular weight excluding hydrogens is 256 g/mol. The normalized spacial score (nSPS) is 11.2. The number of aromatic carboxylic acids is 1. The van der Waals surface area contributed by atoms with Gasteiger partial charge in [-0.25, -0.2) is 4.79 Å². The molecule has 0 saturated carbocycles. The Morgan fingerprint density at radius 2 is 2.10 bits per heavy atom. The molecule has 0 radical (unpaired) electrons. The molecule has 0 aliphatic carbocycles. The van der Waals surface area contributed by atoms with Gasteiger partial charge in [-0.2, -0.15) is 0 Å². The monoisotopic (exact) mass is 270 g/mol. The quantitative estimate of drug-likeness (QED) is 0.776. The third-order valence-corrected chi connectivity index (χ3v) is 3.68. The van der Waals surface area contributed by atoms with Gasteiger partial charge in [-0.05, 0) is 25.5 Å². The number of carbonyl (C=O) groups is 1. The lowest BCUT2D eigenvalue weighted by molar-refractivity contribution is 0.0697. The number of aryl methyl sites for hydroxylation is 2. The molecule has 2 heterocycles. The van der Waals surface area contributed by atoms with Gasteiger partial charge in [0.15, 0.2) is 5.76 Å². The van der Waals surface area contributed by atoms with Crippen molar-refractivity contribution in [2.75, 3.05) is 0 Å². The third kappa shape index (κ3) is 1.63. The Bertz CT molecular complexity index is 827. The number of benzene rings is 1. The predicted molar refractivity (Wildman–Crippen MR) is 74.8 cm³/mol. The van der Waals surface area contributed by atoms with Crippen molar-refractivity contribution in [1.82, 2.24) is 9.72 Å². The molecule has 102 valence electrons. The average Bonchev–Trinajstić information content (AvgIpc) is 2.96. The molecule has 0 amide bonds. The molecule has 0 fully saturated rings. The van der Waals surface area contributed by atoms with E-state index in [4.69, 9.17) is 4.52 Å². The second kappa shape index (κ2) is 4.23. The number of hydrogen-bond donors (Lipinski definition) is 1. The molecule has 2 aromatic heterocycles. The summed E-state index contributed by atoms with van der Waals surface area (Å²) in [4.78, 5) is 11.3. The molecule has 1 N–H and O–H groups in total. The summed E-state index contributed by atoms with van der Waals surface area (Å²) in [6.45, 7) is 3.97. The van der Waals surface area contributed by atoms with Crippen molar-refractivity contribution in [2.24, 2.45) is 7.05 Å². The van der Waals surface area contributed by atoms with Crippen molar-refractivity contribution in [3.63, 3.8) is 0 Å². The van der Waals surface area contributed by atoms with Crippen LogP contribution in [0.15, 0.2) is 28.9 Å². The first-order valence-electron chi connectivity index (χ1n) is 6.24. The van der Waals surface area contributed by atoms with E-state index in [1.807, 2.05) is 37.6 Å². The van der Waals surface area contributed by atoms with Crippen LogP contribution in [0.5, 0.6) is 0 Å². The van der Waals surface area contributed by atoms with Gasteiger partial charge in [0.05, 0.1) is 6.20 Å². The summed E-state index contributed by atoms with van der Waals surface area (Å²) < 4.78 is 7.23. The number of fused-ring (bicyclic) bond motifs is 1. The Kier molecular flexibility index (Phi) is 2.64. The van der Waals surface area contributed by atoms with Gasteiger partial charge >= 0.3 is 5.97 Å². The van der Waals surface area contributed by atoms with E-state index in [9.17, 15) is 9.90 Å². The van der Waals surface area contributed by atoms with E-state index in [1.54, 1.807) is 0 Å². The average molecular weight is 270 g/mol. The highest BCUT2D eigenvalue weighted by Gasteiger charge is 2.23. The van der Waals surface area contributed by atoms with Crippen molar-refractivity contribution in [3.8, 4) is 11.3 Å². The lowest BCUT2D eigenvalue weighted by Crippen LogP contribution is -1.97. The molecule has 0 aliphatic heterocycles. The number of nitrogens with zero attached hydrogens (tertiary/aromatic N) is 2. The fraction of sp³-hybridized carbons (Fsp3) is 0.200. The first kappa shape index (κ1) is 12.5. The van der Waals surface area contributed by atoms with E-state index >= 15 is 0 Å². The van der Waals surface area contributed by atoms with E-state index in [-0.39, 0.29) is 5.56 Å². The second-order valence-electron chi connectivity index (χ2n) is 4.91. The van der Waals surface area contributed by atoms with Crippen molar-refractivity contribution >= 4 is 16.9 Å². The van der Waals surface area contributed by atoms with E-state index in [2.05, 4.69) is 11.2 Å². The molecule has 0 unspecified atom stereocenters. The Morgan fingerprint density at radius 3 is 2.80 bits per heavy atom. The summed E-state index contributed by atoms with van der Waals surface area (Å²) in [5.74, 6) is -0.728. The summed E-state index contributed by atoms with van der Waals surface area (Å²) >= 11 is 0. The summed E-state index contributed by atoms with van der Waals surface area (Å²) in [6.07, 6.45) is 1.24. The summed E-state index contributed by atoms with van der Waals surface area (Å²) in [7, 11) is 1.96. The number of carboxylic acid groups (broad SMARTS) is 1. The number of carboxylic acids is 1. The van der Waals surface area contributed by atoms with Gasteiger partial charge in [0.25, 0.3) is 0 Å². The number of aromatic nitrogens is 2. The Hall–Kier alpha value is -2.56. The SMILES string of the molecule is Cc1ccc2c(-c3oncc3C(=O)O)c(C)n(C)c2c1. The molecule has 5 nitrogen and oxygen atoms in total. The van der Waals surface area contributed by atoms with Gasteiger partial charge in [0.2, 0.25) is 0 Å². The molecule has 20 heavy (non-hydrogen) atoms. The molecule has 0 bridgehead atoms. The van der Waals surface area contributed by atoms with Crippen LogP contribution in [-0.4, -0.2) is 20.8 Å². The molecule has 0 spiro atoms. The van der Waals surface area contributed by atoms with Gasteiger partial charge in [-0.1, -0.05) is 17.3 Å².